The largest absolute Gasteiger partial charge is 0.481 e. The SMILES string of the molecule is CCSc1ccc(Cl)cc1C(=O)NCC(C(=O)O)C1CCOCC1. The monoisotopic (exact) mass is 371 g/mol. The Morgan fingerprint density at radius 1 is 1.42 bits per heavy atom. The van der Waals surface area contributed by atoms with Gasteiger partial charge in [-0.3, -0.25) is 9.59 Å². The third-order valence-electron chi connectivity index (χ3n) is 4.12. The molecule has 1 heterocycles. The highest BCUT2D eigenvalue weighted by Gasteiger charge is 2.30. The first-order valence-electron chi connectivity index (χ1n) is 8.04. The van der Waals surface area contributed by atoms with E-state index in [4.69, 9.17) is 16.3 Å². The molecule has 1 saturated heterocycles. The number of thioether (sulfide) groups is 1. The maximum Gasteiger partial charge on any atom is 0.308 e. The fourth-order valence-corrected chi connectivity index (χ4v) is 3.79. The van der Waals surface area contributed by atoms with Crippen molar-refractivity contribution in [1.82, 2.24) is 5.32 Å². The van der Waals surface area contributed by atoms with Gasteiger partial charge < -0.3 is 15.2 Å². The summed E-state index contributed by atoms with van der Waals surface area (Å²) in [7, 11) is 0. The van der Waals surface area contributed by atoms with Gasteiger partial charge in [-0.25, -0.2) is 0 Å². The number of carbonyl (C=O) groups is 2. The van der Waals surface area contributed by atoms with Crippen LogP contribution in [0.2, 0.25) is 5.02 Å². The molecule has 1 unspecified atom stereocenters. The van der Waals surface area contributed by atoms with E-state index in [0.29, 0.717) is 36.6 Å². The Morgan fingerprint density at radius 2 is 2.12 bits per heavy atom. The van der Waals surface area contributed by atoms with Gasteiger partial charge in [0.15, 0.2) is 0 Å². The highest BCUT2D eigenvalue weighted by molar-refractivity contribution is 7.99. The summed E-state index contributed by atoms with van der Waals surface area (Å²) in [6.45, 7) is 3.27. The number of amides is 1. The van der Waals surface area contributed by atoms with Gasteiger partial charge in [-0.05, 0) is 42.7 Å². The summed E-state index contributed by atoms with van der Waals surface area (Å²) in [5.41, 5.74) is 0.491. The van der Waals surface area contributed by atoms with E-state index in [2.05, 4.69) is 5.32 Å². The molecule has 2 N–H and O–H groups in total. The predicted octanol–water partition coefficient (Wildman–Crippen LogP) is 3.31. The van der Waals surface area contributed by atoms with Gasteiger partial charge in [0, 0.05) is 29.7 Å². The van der Waals surface area contributed by atoms with Crippen LogP contribution >= 0.6 is 23.4 Å². The third-order valence-corrected chi connectivity index (χ3v) is 5.31. The molecule has 5 nitrogen and oxygen atoms in total. The molecule has 2 rings (SSSR count). The van der Waals surface area contributed by atoms with Crippen molar-refractivity contribution in [3.63, 3.8) is 0 Å². The molecule has 24 heavy (non-hydrogen) atoms. The van der Waals surface area contributed by atoms with Crippen LogP contribution in [-0.2, 0) is 9.53 Å². The minimum atomic E-state index is -0.878. The Balaban J connectivity index is 2.05. The van der Waals surface area contributed by atoms with E-state index in [9.17, 15) is 14.7 Å². The lowest BCUT2D eigenvalue weighted by Crippen LogP contribution is -2.39. The highest BCUT2D eigenvalue weighted by atomic mass is 35.5. The van der Waals surface area contributed by atoms with Gasteiger partial charge in [0.25, 0.3) is 5.91 Å². The van der Waals surface area contributed by atoms with Crippen LogP contribution in [0.1, 0.15) is 30.1 Å². The quantitative estimate of drug-likeness (QED) is 0.719. The Labute approximate surface area is 151 Å². The van der Waals surface area contributed by atoms with E-state index >= 15 is 0 Å². The first kappa shape index (κ1) is 19.1. The van der Waals surface area contributed by atoms with Gasteiger partial charge in [-0.1, -0.05) is 18.5 Å². The molecule has 7 heteroatoms. The van der Waals surface area contributed by atoms with Crippen LogP contribution in [0.15, 0.2) is 23.1 Å². The second-order valence-corrected chi connectivity index (χ2v) is 7.42. The van der Waals surface area contributed by atoms with Crippen LogP contribution in [-0.4, -0.2) is 42.5 Å². The predicted molar refractivity (Wildman–Crippen MR) is 94.9 cm³/mol. The number of hydrogen-bond acceptors (Lipinski definition) is 4. The number of benzene rings is 1. The molecule has 0 aromatic heterocycles. The number of nitrogens with one attached hydrogen (secondary N) is 1. The van der Waals surface area contributed by atoms with Gasteiger partial charge in [-0.15, -0.1) is 11.8 Å². The third kappa shape index (κ3) is 5.13. The van der Waals surface area contributed by atoms with E-state index in [0.717, 1.165) is 10.6 Å². The summed E-state index contributed by atoms with van der Waals surface area (Å²) < 4.78 is 5.28. The zero-order chi connectivity index (χ0) is 17.5. The molecular weight excluding hydrogens is 350 g/mol. The van der Waals surface area contributed by atoms with E-state index in [1.807, 2.05) is 13.0 Å². The van der Waals surface area contributed by atoms with Gasteiger partial charge in [0.2, 0.25) is 0 Å². The average Bonchev–Trinajstić information content (AvgIpc) is 2.57. The molecule has 0 radical (unpaired) electrons. The molecule has 0 spiro atoms. The van der Waals surface area contributed by atoms with Crippen LogP contribution < -0.4 is 5.32 Å². The van der Waals surface area contributed by atoms with Crippen molar-refractivity contribution < 1.29 is 19.4 Å². The van der Waals surface area contributed by atoms with Crippen molar-refractivity contribution in [2.75, 3.05) is 25.5 Å². The van der Waals surface area contributed by atoms with Crippen molar-refractivity contribution in [2.24, 2.45) is 11.8 Å². The standard InChI is InChI=1S/C17H22ClNO4S/c1-2-24-15-4-3-12(18)9-13(15)16(20)19-10-14(17(21)22)11-5-7-23-8-6-11/h3-4,9,11,14H,2,5-8,10H2,1H3,(H,19,20)(H,21,22). The number of ether oxygens (including phenoxy) is 1. The molecule has 1 aliphatic heterocycles. The van der Waals surface area contributed by atoms with Crippen LogP contribution in [0, 0.1) is 11.8 Å². The number of carboxylic acid groups (broad SMARTS) is 1. The first-order valence-corrected chi connectivity index (χ1v) is 9.40. The van der Waals surface area contributed by atoms with Gasteiger partial charge in [0.1, 0.15) is 0 Å². The summed E-state index contributed by atoms with van der Waals surface area (Å²) in [6.07, 6.45) is 1.42. The Kier molecular flexibility index (Phi) is 7.40. The molecular formula is C17H22ClNO4S. The molecule has 1 aromatic rings. The van der Waals surface area contributed by atoms with Crippen molar-refractivity contribution in [1.29, 1.82) is 0 Å². The molecule has 132 valence electrons. The summed E-state index contributed by atoms with van der Waals surface area (Å²) >= 11 is 7.55. The van der Waals surface area contributed by atoms with Gasteiger partial charge >= 0.3 is 5.97 Å². The van der Waals surface area contributed by atoms with E-state index in [-0.39, 0.29) is 18.4 Å². The zero-order valence-corrected chi connectivity index (χ0v) is 15.2. The molecule has 1 atom stereocenters. The van der Waals surface area contributed by atoms with Crippen molar-refractivity contribution >= 4 is 35.2 Å². The normalized spacial score (nSPS) is 16.6. The van der Waals surface area contributed by atoms with Crippen LogP contribution in [0.4, 0.5) is 0 Å². The van der Waals surface area contributed by atoms with Crippen molar-refractivity contribution in [3.05, 3.63) is 28.8 Å². The van der Waals surface area contributed by atoms with E-state index in [1.54, 1.807) is 23.9 Å². The molecule has 1 aromatic carbocycles. The van der Waals surface area contributed by atoms with E-state index in [1.165, 1.54) is 0 Å². The number of carboxylic acids is 1. The zero-order valence-electron chi connectivity index (χ0n) is 13.6. The number of carbonyl (C=O) groups excluding carboxylic acids is 1. The Bertz CT molecular complexity index is 590. The minimum Gasteiger partial charge on any atom is -0.481 e. The van der Waals surface area contributed by atoms with Crippen LogP contribution in [0.3, 0.4) is 0 Å². The summed E-state index contributed by atoms with van der Waals surface area (Å²) in [5, 5.41) is 12.7. The first-order chi connectivity index (χ1) is 11.5. The fourth-order valence-electron chi connectivity index (χ4n) is 2.83. The summed E-state index contributed by atoms with van der Waals surface area (Å²) in [5.74, 6) is -0.898. The molecule has 1 fully saturated rings. The van der Waals surface area contributed by atoms with Crippen LogP contribution in [0.5, 0.6) is 0 Å². The maximum absolute atomic E-state index is 12.5. The lowest BCUT2D eigenvalue weighted by atomic mass is 9.86. The number of aliphatic carboxylic acids is 1. The lowest BCUT2D eigenvalue weighted by Gasteiger charge is -2.27. The van der Waals surface area contributed by atoms with E-state index < -0.39 is 11.9 Å². The smallest absolute Gasteiger partial charge is 0.308 e. The average molecular weight is 372 g/mol. The molecule has 1 aliphatic rings. The summed E-state index contributed by atoms with van der Waals surface area (Å²) in [4.78, 5) is 24.9. The number of halogens is 1. The maximum atomic E-state index is 12.5. The second kappa shape index (κ2) is 9.30. The second-order valence-electron chi connectivity index (χ2n) is 5.68. The van der Waals surface area contributed by atoms with Gasteiger partial charge in [-0.2, -0.15) is 0 Å². The van der Waals surface area contributed by atoms with Crippen molar-refractivity contribution in [3.8, 4) is 0 Å². The molecule has 1 amide bonds. The molecule has 0 bridgehead atoms. The highest BCUT2D eigenvalue weighted by Crippen LogP contribution is 2.27. The van der Waals surface area contributed by atoms with Crippen molar-refractivity contribution in [2.45, 2.75) is 24.7 Å². The minimum absolute atomic E-state index is 0.0281. The topological polar surface area (TPSA) is 75.6 Å². The number of hydrogen-bond donors (Lipinski definition) is 2. The van der Waals surface area contributed by atoms with Crippen LogP contribution in [0.25, 0.3) is 0 Å². The summed E-state index contributed by atoms with van der Waals surface area (Å²) in [6, 6.07) is 5.19. The van der Waals surface area contributed by atoms with Gasteiger partial charge in [0.05, 0.1) is 11.5 Å². The number of rotatable bonds is 7. The molecule has 0 aliphatic carbocycles. The lowest BCUT2D eigenvalue weighted by molar-refractivity contribution is -0.144. The Hall–Kier alpha value is -1.24. The fraction of sp³-hybridized carbons (Fsp3) is 0.529. The Morgan fingerprint density at radius 3 is 2.75 bits per heavy atom. The molecule has 0 saturated carbocycles.